The summed E-state index contributed by atoms with van der Waals surface area (Å²) in [6.45, 7) is 7.09. The molecule has 0 saturated heterocycles. The van der Waals surface area contributed by atoms with Crippen LogP contribution in [0.3, 0.4) is 0 Å². The van der Waals surface area contributed by atoms with E-state index >= 15 is 0 Å². The number of carbonyl (C=O) groups excluding carboxylic acids is 1. The van der Waals surface area contributed by atoms with E-state index in [1.54, 1.807) is 20.3 Å². The average molecular weight is 396 g/mol. The highest BCUT2D eigenvalue weighted by atomic mass is 16.5. The van der Waals surface area contributed by atoms with Gasteiger partial charge in [-0.1, -0.05) is 32.9 Å². The Morgan fingerprint density at radius 2 is 1.79 bits per heavy atom. The number of aliphatic imine (C=N–C) groups is 1. The predicted molar refractivity (Wildman–Crippen MR) is 117 cm³/mol. The molecule has 0 aromatic heterocycles. The van der Waals surface area contributed by atoms with Crippen LogP contribution in [0.4, 0.5) is 11.4 Å². The van der Waals surface area contributed by atoms with Crippen LogP contribution < -0.4 is 20.1 Å². The summed E-state index contributed by atoms with van der Waals surface area (Å²) in [7, 11) is 3.17. The Kier molecular flexibility index (Phi) is 6.54. The van der Waals surface area contributed by atoms with Crippen molar-refractivity contribution in [3.63, 3.8) is 0 Å². The van der Waals surface area contributed by atoms with Gasteiger partial charge in [-0.3, -0.25) is 9.79 Å². The van der Waals surface area contributed by atoms with Gasteiger partial charge in [-0.25, -0.2) is 0 Å². The minimum atomic E-state index is -0.433. The number of fused-ring (bicyclic) bond motifs is 1. The van der Waals surface area contributed by atoms with Gasteiger partial charge in [0.15, 0.2) is 11.5 Å². The van der Waals surface area contributed by atoms with Gasteiger partial charge >= 0.3 is 0 Å². The molecule has 0 aliphatic carbocycles. The van der Waals surface area contributed by atoms with Crippen LogP contribution in [-0.4, -0.2) is 31.9 Å². The molecule has 1 aliphatic heterocycles. The van der Waals surface area contributed by atoms with Gasteiger partial charge in [-0.2, -0.15) is 0 Å². The number of nitrogens with zero attached hydrogens (tertiary/aromatic N) is 1. The van der Waals surface area contributed by atoms with Gasteiger partial charge in [0, 0.05) is 30.1 Å². The number of anilines is 1. The number of rotatable bonds is 8. The lowest BCUT2D eigenvalue weighted by atomic mass is 9.93. The van der Waals surface area contributed by atoms with Gasteiger partial charge in [0.2, 0.25) is 5.91 Å². The molecule has 1 amide bonds. The van der Waals surface area contributed by atoms with Crippen LogP contribution in [0.15, 0.2) is 41.4 Å². The molecule has 1 aliphatic rings. The number of benzene rings is 2. The Labute approximate surface area is 172 Å². The van der Waals surface area contributed by atoms with E-state index in [2.05, 4.69) is 36.6 Å². The molecule has 0 spiro atoms. The van der Waals surface area contributed by atoms with E-state index in [1.165, 1.54) is 5.56 Å². The second kappa shape index (κ2) is 9.09. The molecule has 0 radical (unpaired) electrons. The summed E-state index contributed by atoms with van der Waals surface area (Å²) in [6.07, 6.45) is 0.669. The topological polar surface area (TPSA) is 72.0 Å². The van der Waals surface area contributed by atoms with Crippen LogP contribution >= 0.6 is 0 Å². The van der Waals surface area contributed by atoms with Crippen LogP contribution in [0.25, 0.3) is 0 Å². The van der Waals surface area contributed by atoms with Crippen molar-refractivity contribution in [2.45, 2.75) is 45.7 Å². The van der Waals surface area contributed by atoms with Crippen molar-refractivity contribution < 1.29 is 14.3 Å². The smallest absolute Gasteiger partial charge is 0.237 e. The summed E-state index contributed by atoms with van der Waals surface area (Å²) in [6, 6.07) is 12.2. The predicted octanol–water partition coefficient (Wildman–Crippen LogP) is 4.42. The van der Waals surface area contributed by atoms with Crippen molar-refractivity contribution >= 4 is 23.0 Å². The van der Waals surface area contributed by atoms with Gasteiger partial charge in [-0.05, 0) is 35.7 Å². The maximum Gasteiger partial charge on any atom is 0.237 e. The maximum atomic E-state index is 12.7. The number of methoxy groups -OCH3 is 2. The highest BCUT2D eigenvalue weighted by Gasteiger charge is 2.35. The third-order valence-electron chi connectivity index (χ3n) is 5.01. The Balaban J connectivity index is 1.90. The van der Waals surface area contributed by atoms with Gasteiger partial charge in [0.25, 0.3) is 0 Å². The van der Waals surface area contributed by atoms with Crippen LogP contribution in [0.2, 0.25) is 0 Å². The molecule has 2 aromatic carbocycles. The second-order valence-corrected chi connectivity index (χ2v) is 7.38. The van der Waals surface area contributed by atoms with Crippen molar-refractivity contribution in [1.29, 1.82) is 0 Å². The normalized spacial score (nSPS) is 16.0. The summed E-state index contributed by atoms with van der Waals surface area (Å²) < 4.78 is 10.8. The highest BCUT2D eigenvalue weighted by molar-refractivity contribution is 6.19. The van der Waals surface area contributed by atoms with Crippen molar-refractivity contribution in [1.82, 2.24) is 5.32 Å². The lowest BCUT2D eigenvalue weighted by molar-refractivity contribution is -0.115. The van der Waals surface area contributed by atoms with Gasteiger partial charge in [0.1, 0.15) is 5.92 Å². The van der Waals surface area contributed by atoms with Crippen molar-refractivity contribution in [3.8, 4) is 11.5 Å². The summed E-state index contributed by atoms with van der Waals surface area (Å²) in [5.74, 6) is 0.684. The zero-order valence-corrected chi connectivity index (χ0v) is 17.7. The zero-order valence-electron chi connectivity index (χ0n) is 17.7. The molecule has 6 nitrogen and oxygen atoms in total. The molecule has 0 fully saturated rings. The third kappa shape index (κ3) is 4.59. The number of nitrogens with one attached hydrogen (secondary N) is 2. The SMILES string of the molecule is CCC(=Nc1ccc(CNC(C)C)cc1)C1C(=O)Nc2cc(OC)c(OC)cc21. The maximum absolute atomic E-state index is 12.7. The average Bonchev–Trinajstić information content (AvgIpc) is 3.04. The summed E-state index contributed by atoms with van der Waals surface area (Å²) in [4.78, 5) is 17.5. The number of hydrogen-bond acceptors (Lipinski definition) is 5. The molecular formula is C23H29N3O3. The second-order valence-electron chi connectivity index (χ2n) is 7.38. The molecule has 2 aromatic rings. The van der Waals surface area contributed by atoms with E-state index in [9.17, 15) is 4.79 Å². The van der Waals surface area contributed by atoms with E-state index in [4.69, 9.17) is 14.5 Å². The number of hydrogen-bond donors (Lipinski definition) is 2. The molecule has 1 unspecified atom stereocenters. The molecule has 1 heterocycles. The largest absolute Gasteiger partial charge is 0.493 e. The first kappa shape index (κ1) is 20.9. The summed E-state index contributed by atoms with van der Waals surface area (Å²) >= 11 is 0. The van der Waals surface area contributed by atoms with Crippen molar-refractivity contribution in [2.24, 2.45) is 4.99 Å². The Morgan fingerprint density at radius 1 is 1.14 bits per heavy atom. The van der Waals surface area contributed by atoms with Gasteiger partial charge in [0.05, 0.1) is 19.9 Å². The Hall–Kier alpha value is -2.86. The molecule has 0 bridgehead atoms. The van der Waals surface area contributed by atoms with Crippen LogP contribution in [0.1, 0.15) is 44.2 Å². The number of carbonyl (C=O) groups is 1. The molecular weight excluding hydrogens is 366 g/mol. The quantitative estimate of drug-likeness (QED) is 0.649. The summed E-state index contributed by atoms with van der Waals surface area (Å²) in [5, 5.41) is 6.35. The first-order valence-electron chi connectivity index (χ1n) is 9.93. The molecule has 1 atom stereocenters. The standard InChI is InChI=1S/C23H29N3O3/c1-6-18(25-16-9-7-15(8-10-16)13-24-14(2)3)22-17-11-20(28-4)21(29-5)12-19(17)26-23(22)27/h7-12,14,22,24H,6,13H2,1-5H3,(H,26,27). The highest BCUT2D eigenvalue weighted by Crippen LogP contribution is 2.42. The van der Waals surface area contributed by atoms with Gasteiger partial charge < -0.3 is 20.1 Å². The molecule has 3 rings (SSSR count). The first-order valence-corrected chi connectivity index (χ1v) is 9.93. The minimum absolute atomic E-state index is 0.0753. The molecule has 6 heteroatoms. The van der Waals surface area contributed by atoms with Gasteiger partial charge in [-0.15, -0.1) is 0 Å². The lowest BCUT2D eigenvalue weighted by Crippen LogP contribution is -2.21. The number of ether oxygens (including phenoxy) is 2. The number of amides is 1. The van der Waals surface area contributed by atoms with Crippen LogP contribution in [0.5, 0.6) is 11.5 Å². The lowest BCUT2D eigenvalue weighted by Gasteiger charge is -2.14. The molecule has 0 saturated carbocycles. The first-order chi connectivity index (χ1) is 14.0. The van der Waals surface area contributed by atoms with E-state index < -0.39 is 5.92 Å². The fraction of sp³-hybridized carbons (Fsp3) is 0.391. The van der Waals surface area contributed by atoms with Crippen LogP contribution in [0, 0.1) is 0 Å². The Morgan fingerprint density at radius 3 is 2.38 bits per heavy atom. The molecule has 2 N–H and O–H groups in total. The molecule has 29 heavy (non-hydrogen) atoms. The summed E-state index contributed by atoms with van der Waals surface area (Å²) in [5.41, 5.74) is 4.48. The third-order valence-corrected chi connectivity index (χ3v) is 5.01. The monoisotopic (exact) mass is 395 g/mol. The Bertz CT molecular complexity index is 904. The van der Waals surface area contributed by atoms with E-state index in [-0.39, 0.29) is 5.91 Å². The zero-order chi connectivity index (χ0) is 21.0. The minimum Gasteiger partial charge on any atom is -0.493 e. The van der Waals surface area contributed by atoms with Crippen molar-refractivity contribution in [2.75, 3.05) is 19.5 Å². The fourth-order valence-electron chi connectivity index (χ4n) is 3.44. The fourth-order valence-corrected chi connectivity index (χ4v) is 3.44. The van der Waals surface area contributed by atoms with Crippen molar-refractivity contribution in [3.05, 3.63) is 47.5 Å². The van der Waals surface area contributed by atoms with E-state index in [0.29, 0.717) is 24.0 Å². The van der Waals surface area contributed by atoms with Crippen LogP contribution in [-0.2, 0) is 11.3 Å². The molecule has 154 valence electrons. The van der Waals surface area contributed by atoms with E-state index in [0.717, 1.165) is 29.2 Å². The van der Waals surface area contributed by atoms with E-state index in [1.807, 2.05) is 25.1 Å².